The van der Waals surface area contributed by atoms with Crippen LogP contribution in [0.1, 0.15) is 49.0 Å². The Morgan fingerprint density at radius 1 is 0.964 bits per heavy atom. The average molecular weight is 398 g/mol. The third-order valence-corrected chi connectivity index (χ3v) is 5.85. The molecule has 0 heterocycles. The summed E-state index contributed by atoms with van der Waals surface area (Å²) in [4.78, 5) is 2.28. The number of aliphatic hydroxyl groups is 1. The summed E-state index contributed by atoms with van der Waals surface area (Å²) >= 11 is 5.67. The zero-order valence-electron chi connectivity index (χ0n) is 16.7. The summed E-state index contributed by atoms with van der Waals surface area (Å²) in [6, 6.07) is 20.2. The molecule has 0 radical (unpaired) electrons. The van der Waals surface area contributed by atoms with E-state index in [2.05, 4.69) is 29.6 Å². The van der Waals surface area contributed by atoms with Crippen molar-refractivity contribution in [1.82, 2.24) is 15.5 Å². The molecule has 0 spiro atoms. The molecule has 1 aliphatic carbocycles. The number of thiocarbonyl (C=S) groups is 1. The highest BCUT2D eigenvalue weighted by Crippen LogP contribution is 2.29. The maximum atomic E-state index is 11.1. The summed E-state index contributed by atoms with van der Waals surface area (Å²) in [6.45, 7) is 0. The predicted molar refractivity (Wildman–Crippen MR) is 119 cm³/mol. The van der Waals surface area contributed by atoms with Gasteiger partial charge in [0.25, 0.3) is 0 Å². The number of nitrogens with zero attached hydrogens (tertiary/aromatic N) is 1. The molecule has 1 fully saturated rings. The number of nitrogens with one attached hydrogen (secondary N) is 2. The van der Waals surface area contributed by atoms with Crippen molar-refractivity contribution in [3.8, 4) is 0 Å². The lowest BCUT2D eigenvalue weighted by atomic mass is 9.89. The minimum absolute atomic E-state index is 0.315. The fraction of sp³-hybridized carbons (Fsp3) is 0.435. The van der Waals surface area contributed by atoms with Gasteiger partial charge in [0.15, 0.2) is 5.11 Å². The number of likely N-dealkylation sites (N-methyl/N-ethyl adjacent to an activating group) is 1. The predicted octanol–water partition coefficient (Wildman–Crippen LogP) is 3.80. The van der Waals surface area contributed by atoms with E-state index in [0.717, 1.165) is 17.5 Å². The van der Waals surface area contributed by atoms with Gasteiger partial charge in [-0.1, -0.05) is 73.5 Å². The maximum absolute atomic E-state index is 11.1. The van der Waals surface area contributed by atoms with Crippen LogP contribution in [-0.2, 0) is 0 Å². The van der Waals surface area contributed by atoms with Crippen LogP contribution in [0.4, 0.5) is 0 Å². The molecule has 0 amide bonds. The Hall–Kier alpha value is -1.95. The van der Waals surface area contributed by atoms with Crippen LogP contribution in [0.3, 0.4) is 0 Å². The van der Waals surface area contributed by atoms with Crippen molar-refractivity contribution in [3.05, 3.63) is 71.8 Å². The van der Waals surface area contributed by atoms with Crippen LogP contribution in [-0.4, -0.2) is 41.3 Å². The minimum Gasteiger partial charge on any atom is -0.386 e. The minimum atomic E-state index is -0.695. The molecule has 2 aromatic rings. The van der Waals surface area contributed by atoms with Crippen LogP contribution < -0.4 is 10.6 Å². The molecule has 4 nitrogen and oxygen atoms in total. The van der Waals surface area contributed by atoms with Gasteiger partial charge in [-0.05, 0) is 50.3 Å². The molecule has 3 N–H and O–H groups in total. The second kappa shape index (κ2) is 10.0. The molecular weight excluding hydrogens is 366 g/mol. The number of aliphatic hydroxyl groups excluding tert-OH is 1. The molecule has 150 valence electrons. The summed E-state index contributed by atoms with van der Waals surface area (Å²) in [5, 5.41) is 18.6. The average Bonchev–Trinajstić information content (AvgIpc) is 2.73. The van der Waals surface area contributed by atoms with Gasteiger partial charge < -0.3 is 20.6 Å². The molecule has 3 rings (SSSR count). The molecule has 0 aromatic heterocycles. The summed E-state index contributed by atoms with van der Waals surface area (Å²) < 4.78 is 0. The third-order valence-electron chi connectivity index (χ3n) is 5.61. The van der Waals surface area contributed by atoms with Crippen molar-refractivity contribution in [2.24, 2.45) is 0 Å². The molecule has 0 bridgehead atoms. The molecule has 0 aliphatic heterocycles. The lowest BCUT2D eigenvalue weighted by Gasteiger charge is -2.38. The highest BCUT2D eigenvalue weighted by molar-refractivity contribution is 7.80. The molecular formula is C23H31N3OS. The first kappa shape index (κ1) is 20.8. The lowest BCUT2D eigenvalue weighted by Crippen LogP contribution is -2.54. The van der Waals surface area contributed by atoms with E-state index in [0.29, 0.717) is 17.2 Å². The molecule has 1 saturated carbocycles. The summed E-state index contributed by atoms with van der Waals surface area (Å²) in [7, 11) is 4.26. The molecule has 28 heavy (non-hydrogen) atoms. The number of benzene rings is 2. The summed E-state index contributed by atoms with van der Waals surface area (Å²) in [5.74, 6) is 0. The second-order valence-corrected chi connectivity index (χ2v) is 8.19. The molecule has 0 saturated heterocycles. The number of hydrogen-bond donors (Lipinski definition) is 3. The van der Waals surface area contributed by atoms with Crippen molar-refractivity contribution in [2.75, 3.05) is 14.1 Å². The highest BCUT2D eigenvalue weighted by atomic mass is 32.1. The van der Waals surface area contributed by atoms with Gasteiger partial charge in [0.05, 0.1) is 6.04 Å². The van der Waals surface area contributed by atoms with Crippen LogP contribution in [0.25, 0.3) is 0 Å². The van der Waals surface area contributed by atoms with Crippen molar-refractivity contribution in [2.45, 2.75) is 49.9 Å². The Morgan fingerprint density at radius 2 is 1.54 bits per heavy atom. The Balaban J connectivity index is 1.75. The maximum Gasteiger partial charge on any atom is 0.167 e. The number of rotatable bonds is 6. The molecule has 5 heteroatoms. The lowest BCUT2D eigenvalue weighted by molar-refractivity contribution is 0.137. The summed E-state index contributed by atoms with van der Waals surface area (Å²) in [5.41, 5.74) is 1.88. The SMILES string of the molecule is CN(C)[C@@H]1CCCC[C@H]1NC(=S)N[C@H](c1ccccc1)[C@@H](O)c1ccccc1. The zero-order chi connectivity index (χ0) is 19.9. The van der Waals surface area contributed by atoms with Crippen molar-refractivity contribution in [1.29, 1.82) is 0 Å². The standard InChI is InChI=1S/C23H31N3OS/c1-26(2)20-16-10-9-15-19(20)24-23(28)25-21(17-11-5-3-6-12-17)22(27)18-13-7-4-8-14-18/h3-8,11-14,19-22,27H,9-10,15-16H2,1-2H3,(H2,24,25,28)/t19-,20-,21-,22+/m1/s1. The van der Waals surface area contributed by atoms with E-state index in [4.69, 9.17) is 12.2 Å². The van der Waals surface area contributed by atoms with E-state index in [1.807, 2.05) is 60.7 Å². The van der Waals surface area contributed by atoms with Gasteiger partial charge >= 0.3 is 0 Å². The first-order valence-electron chi connectivity index (χ1n) is 10.1. The number of hydrogen-bond acceptors (Lipinski definition) is 3. The smallest absolute Gasteiger partial charge is 0.167 e. The van der Waals surface area contributed by atoms with Gasteiger partial charge in [-0.2, -0.15) is 0 Å². The van der Waals surface area contributed by atoms with Crippen LogP contribution in [0.5, 0.6) is 0 Å². The fourth-order valence-electron chi connectivity index (χ4n) is 4.10. The van der Waals surface area contributed by atoms with Gasteiger partial charge in [0, 0.05) is 12.1 Å². The first-order chi connectivity index (χ1) is 13.6. The highest BCUT2D eigenvalue weighted by Gasteiger charge is 2.29. The molecule has 4 atom stereocenters. The van der Waals surface area contributed by atoms with E-state index in [-0.39, 0.29) is 6.04 Å². The summed E-state index contributed by atoms with van der Waals surface area (Å²) in [6.07, 6.45) is 4.09. The van der Waals surface area contributed by atoms with Crippen LogP contribution in [0, 0.1) is 0 Å². The normalized spacial score (nSPS) is 21.7. The van der Waals surface area contributed by atoms with Crippen LogP contribution >= 0.6 is 12.2 Å². The monoisotopic (exact) mass is 397 g/mol. The Kier molecular flexibility index (Phi) is 7.43. The topological polar surface area (TPSA) is 47.5 Å². The largest absolute Gasteiger partial charge is 0.386 e. The van der Waals surface area contributed by atoms with Crippen molar-refractivity contribution in [3.63, 3.8) is 0 Å². The van der Waals surface area contributed by atoms with E-state index in [1.165, 1.54) is 19.3 Å². The Labute approximate surface area is 174 Å². The quantitative estimate of drug-likeness (QED) is 0.647. The Morgan fingerprint density at radius 3 is 2.14 bits per heavy atom. The molecule has 1 aliphatic rings. The van der Waals surface area contributed by atoms with Gasteiger partial charge in [-0.25, -0.2) is 0 Å². The third kappa shape index (κ3) is 5.31. The molecule has 2 aromatic carbocycles. The van der Waals surface area contributed by atoms with Gasteiger partial charge in [0.2, 0.25) is 0 Å². The van der Waals surface area contributed by atoms with Gasteiger partial charge in [0.1, 0.15) is 6.10 Å². The van der Waals surface area contributed by atoms with Crippen molar-refractivity contribution < 1.29 is 5.11 Å². The second-order valence-electron chi connectivity index (χ2n) is 7.78. The van der Waals surface area contributed by atoms with Crippen LogP contribution in [0.2, 0.25) is 0 Å². The Bertz CT molecular complexity index is 738. The molecule has 0 unspecified atom stereocenters. The fourth-order valence-corrected chi connectivity index (χ4v) is 4.37. The van der Waals surface area contributed by atoms with Gasteiger partial charge in [-0.15, -0.1) is 0 Å². The van der Waals surface area contributed by atoms with E-state index >= 15 is 0 Å². The first-order valence-corrected chi connectivity index (χ1v) is 10.5. The van der Waals surface area contributed by atoms with E-state index < -0.39 is 6.10 Å². The van der Waals surface area contributed by atoms with E-state index in [1.54, 1.807) is 0 Å². The van der Waals surface area contributed by atoms with Crippen LogP contribution in [0.15, 0.2) is 60.7 Å². The zero-order valence-corrected chi connectivity index (χ0v) is 17.5. The van der Waals surface area contributed by atoms with Gasteiger partial charge in [-0.3, -0.25) is 0 Å². The van der Waals surface area contributed by atoms with E-state index in [9.17, 15) is 5.11 Å². The van der Waals surface area contributed by atoms with Crippen molar-refractivity contribution >= 4 is 17.3 Å².